The van der Waals surface area contributed by atoms with Crippen LogP contribution in [-0.4, -0.2) is 81.5 Å². The van der Waals surface area contributed by atoms with Crippen LogP contribution in [-0.2, 0) is 41.6 Å². The van der Waals surface area contributed by atoms with E-state index in [1.165, 1.54) is 25.1 Å². The smallest absolute Gasteiger partial charge is 0.310 e. The number of ketones is 4. The topological polar surface area (TPSA) is 181 Å². The number of likely N-dealkylation sites (N-methyl/N-ethyl adjacent to an activating group) is 1. The van der Waals surface area contributed by atoms with Crippen molar-refractivity contribution in [3.05, 3.63) is 53.1 Å². The number of phenols is 1. The van der Waals surface area contributed by atoms with Crippen molar-refractivity contribution in [1.82, 2.24) is 4.90 Å². The summed E-state index contributed by atoms with van der Waals surface area (Å²) in [6.07, 6.45) is 0.185. The van der Waals surface area contributed by atoms with Crippen LogP contribution in [0.5, 0.6) is 5.75 Å². The Hall–Kier alpha value is -4.22. The zero-order valence-electron chi connectivity index (χ0n) is 25.2. The Morgan fingerprint density at radius 3 is 2.23 bits per heavy atom. The number of carbonyl (C=O) groups is 6. The first kappa shape index (κ1) is 31.2. The van der Waals surface area contributed by atoms with E-state index in [1.54, 1.807) is 51.1 Å². The van der Waals surface area contributed by atoms with Crippen LogP contribution >= 0.6 is 0 Å². The minimum Gasteiger partial charge on any atom is -0.507 e. The number of fused-ring (bicyclic) bond motifs is 3. The standard InChI is InChI=1S/C33H36N2O9/c1-32(2,3)44-22(37)12-15-6-8-16(9-7-15)18-10-11-21(36)24-19(18)13-17-14-20-26(35(4)5)28(39)25(31(34)42)30(41)33(20,43)29(40)23(17)27(24)38/h6-11,17,20,23,25-26,36,43H,12-14H2,1-5H3,(H2,34,42)/t17-,20-,23?,25?,26-,33-/m1/s1. The molecule has 5 rings (SSSR count). The molecule has 3 aliphatic rings. The van der Waals surface area contributed by atoms with E-state index in [9.17, 15) is 39.0 Å². The molecule has 2 unspecified atom stereocenters. The van der Waals surface area contributed by atoms with E-state index in [1.807, 2.05) is 0 Å². The fraction of sp³-hybridized carbons (Fsp3) is 0.455. The van der Waals surface area contributed by atoms with Crippen molar-refractivity contribution in [2.45, 2.75) is 57.3 Å². The van der Waals surface area contributed by atoms with Gasteiger partial charge in [-0.1, -0.05) is 30.3 Å². The zero-order chi connectivity index (χ0) is 32.5. The highest BCUT2D eigenvalue weighted by molar-refractivity contribution is 6.32. The van der Waals surface area contributed by atoms with Crippen LogP contribution in [0.1, 0.15) is 48.7 Å². The number of phenolic OH excluding ortho intramolecular Hbond substituents is 1. The molecule has 232 valence electrons. The van der Waals surface area contributed by atoms with E-state index >= 15 is 0 Å². The molecule has 0 aromatic heterocycles. The molecule has 3 aliphatic carbocycles. The molecule has 6 atom stereocenters. The maximum Gasteiger partial charge on any atom is 0.310 e. The maximum atomic E-state index is 14.0. The SMILES string of the molecule is CN(C)[C@H]1C(=O)C(C(N)=O)C(=O)[C@]2(O)C(=O)C3C(=O)c4c(O)ccc(-c5ccc(CC(=O)OC(C)(C)C)cc5)c4C[C@@H]3C[C@H]12. The minimum absolute atomic E-state index is 0.0339. The van der Waals surface area contributed by atoms with Crippen molar-refractivity contribution in [3.8, 4) is 16.9 Å². The van der Waals surface area contributed by atoms with Crippen molar-refractivity contribution in [2.75, 3.05) is 14.1 Å². The molecule has 1 amide bonds. The molecule has 0 radical (unpaired) electrons. The van der Waals surface area contributed by atoms with Gasteiger partial charge in [-0.15, -0.1) is 0 Å². The lowest BCUT2D eigenvalue weighted by molar-refractivity contribution is -0.181. The number of hydrogen-bond acceptors (Lipinski definition) is 10. The summed E-state index contributed by atoms with van der Waals surface area (Å²) in [7, 11) is 3.08. The minimum atomic E-state index is -2.77. The van der Waals surface area contributed by atoms with Gasteiger partial charge in [-0.3, -0.25) is 33.7 Å². The van der Waals surface area contributed by atoms with Gasteiger partial charge in [0.05, 0.1) is 23.9 Å². The fourth-order valence-electron chi connectivity index (χ4n) is 7.22. The van der Waals surface area contributed by atoms with Gasteiger partial charge in [-0.05, 0) is 81.9 Å². The molecule has 0 spiro atoms. The second-order valence-corrected chi connectivity index (χ2v) is 13.2. The maximum absolute atomic E-state index is 14.0. The van der Waals surface area contributed by atoms with Crippen LogP contribution in [0.25, 0.3) is 11.1 Å². The Labute approximate surface area is 254 Å². The van der Waals surface area contributed by atoms with Gasteiger partial charge in [0.2, 0.25) is 5.91 Å². The highest BCUT2D eigenvalue weighted by Gasteiger charge is 2.69. The summed E-state index contributed by atoms with van der Waals surface area (Å²) in [4.78, 5) is 80.5. The lowest BCUT2D eigenvalue weighted by Gasteiger charge is -2.52. The quantitative estimate of drug-likeness (QED) is 0.333. The number of Topliss-reactive ketones (excluding diaryl/α,β-unsaturated/α-hetero) is 4. The summed E-state index contributed by atoms with van der Waals surface area (Å²) in [5.41, 5.74) is 4.46. The average Bonchev–Trinajstić information content (AvgIpc) is 2.90. The molecular weight excluding hydrogens is 568 g/mol. The number of ether oxygens (including phenoxy) is 1. The number of aromatic hydroxyl groups is 1. The molecule has 11 heteroatoms. The van der Waals surface area contributed by atoms with E-state index in [4.69, 9.17) is 10.5 Å². The van der Waals surface area contributed by atoms with Crippen LogP contribution in [0.3, 0.4) is 0 Å². The molecule has 2 fully saturated rings. The summed E-state index contributed by atoms with van der Waals surface area (Å²) in [6, 6.07) is 8.97. The number of primary amides is 1. The number of rotatable bonds is 5. The summed E-state index contributed by atoms with van der Waals surface area (Å²) in [5.74, 6) is -11.3. The van der Waals surface area contributed by atoms with E-state index < -0.39 is 70.0 Å². The van der Waals surface area contributed by atoms with E-state index in [0.717, 1.165) is 5.56 Å². The van der Waals surface area contributed by atoms with Gasteiger partial charge in [0.1, 0.15) is 11.4 Å². The van der Waals surface area contributed by atoms with Crippen molar-refractivity contribution in [3.63, 3.8) is 0 Å². The van der Waals surface area contributed by atoms with Crippen LogP contribution in [0.15, 0.2) is 36.4 Å². The monoisotopic (exact) mass is 604 g/mol. The molecule has 0 heterocycles. The summed E-state index contributed by atoms with van der Waals surface area (Å²) < 4.78 is 5.40. The number of esters is 1. The number of aliphatic hydroxyl groups is 1. The number of nitrogens with zero attached hydrogens (tertiary/aromatic N) is 1. The van der Waals surface area contributed by atoms with Gasteiger partial charge >= 0.3 is 5.97 Å². The Morgan fingerprint density at radius 1 is 1.02 bits per heavy atom. The van der Waals surface area contributed by atoms with Crippen LogP contribution in [0.4, 0.5) is 0 Å². The van der Waals surface area contributed by atoms with Gasteiger partial charge in [0.25, 0.3) is 0 Å². The number of amides is 1. The summed E-state index contributed by atoms with van der Waals surface area (Å²) in [5, 5.41) is 22.5. The number of carbonyl (C=O) groups excluding carboxylic acids is 6. The molecular formula is C33H36N2O9. The van der Waals surface area contributed by atoms with Gasteiger partial charge in [0, 0.05) is 5.92 Å². The van der Waals surface area contributed by atoms with Crippen molar-refractivity contribution in [2.24, 2.45) is 29.4 Å². The second kappa shape index (κ2) is 10.7. The second-order valence-electron chi connectivity index (χ2n) is 13.2. The number of benzene rings is 2. The molecule has 44 heavy (non-hydrogen) atoms. The van der Waals surface area contributed by atoms with Gasteiger partial charge in [0.15, 0.2) is 34.7 Å². The summed E-state index contributed by atoms with van der Waals surface area (Å²) >= 11 is 0. The zero-order valence-corrected chi connectivity index (χ0v) is 25.2. The Bertz CT molecular complexity index is 1600. The van der Waals surface area contributed by atoms with Gasteiger partial charge in [-0.2, -0.15) is 0 Å². The predicted molar refractivity (Wildman–Crippen MR) is 156 cm³/mol. The molecule has 2 saturated carbocycles. The Kier molecular flexibility index (Phi) is 7.62. The third kappa shape index (κ3) is 4.93. The molecule has 11 nitrogen and oxygen atoms in total. The Balaban J connectivity index is 1.53. The van der Waals surface area contributed by atoms with Crippen LogP contribution in [0.2, 0.25) is 0 Å². The third-order valence-electron chi connectivity index (χ3n) is 8.98. The molecule has 0 saturated heterocycles. The number of nitrogens with two attached hydrogens (primary N) is 1. The average molecular weight is 605 g/mol. The predicted octanol–water partition coefficient (Wildman–Crippen LogP) is 1.42. The van der Waals surface area contributed by atoms with Crippen molar-refractivity contribution < 1.29 is 43.7 Å². The largest absolute Gasteiger partial charge is 0.507 e. The third-order valence-corrected chi connectivity index (χ3v) is 8.98. The molecule has 4 N–H and O–H groups in total. The normalized spacial score (nSPS) is 28.3. The highest BCUT2D eigenvalue weighted by Crippen LogP contribution is 2.51. The molecule has 0 aliphatic heterocycles. The Morgan fingerprint density at radius 2 is 1.66 bits per heavy atom. The van der Waals surface area contributed by atoms with E-state index in [-0.39, 0.29) is 36.5 Å². The van der Waals surface area contributed by atoms with Crippen molar-refractivity contribution >= 4 is 35.0 Å². The first-order valence-corrected chi connectivity index (χ1v) is 14.5. The van der Waals surface area contributed by atoms with Gasteiger partial charge in [-0.25, -0.2) is 0 Å². The van der Waals surface area contributed by atoms with Crippen molar-refractivity contribution in [1.29, 1.82) is 0 Å². The first-order valence-electron chi connectivity index (χ1n) is 14.5. The molecule has 2 aromatic carbocycles. The molecule has 2 aromatic rings. The highest BCUT2D eigenvalue weighted by atomic mass is 16.6. The van der Waals surface area contributed by atoms with E-state index in [2.05, 4.69) is 0 Å². The van der Waals surface area contributed by atoms with Gasteiger partial charge < -0.3 is 20.7 Å². The molecule has 0 bridgehead atoms. The first-order chi connectivity index (χ1) is 20.5. The van der Waals surface area contributed by atoms with Crippen LogP contribution < -0.4 is 5.73 Å². The number of hydrogen-bond donors (Lipinski definition) is 3. The summed E-state index contributed by atoms with van der Waals surface area (Å²) in [6.45, 7) is 5.37. The van der Waals surface area contributed by atoms with E-state index in [0.29, 0.717) is 16.7 Å². The lowest BCUT2D eigenvalue weighted by atomic mass is 9.52. The lowest BCUT2D eigenvalue weighted by Crippen LogP contribution is -2.74. The fourth-order valence-corrected chi connectivity index (χ4v) is 7.22. The van der Waals surface area contributed by atoms with Crippen LogP contribution in [0, 0.1) is 23.7 Å².